The van der Waals surface area contributed by atoms with Gasteiger partial charge in [-0.3, -0.25) is 4.79 Å². The molecule has 0 saturated carbocycles. The molecule has 0 radical (unpaired) electrons. The lowest BCUT2D eigenvalue weighted by Crippen LogP contribution is -2.12. The SMILES string of the molecule is Cc1nnnn1-c1cccc(NC(=O)c2ccc(C(C)C)cc2)c1. The van der Waals surface area contributed by atoms with Gasteiger partial charge >= 0.3 is 0 Å². The molecule has 122 valence electrons. The number of aromatic nitrogens is 4. The fourth-order valence-electron chi connectivity index (χ4n) is 2.41. The van der Waals surface area contributed by atoms with Crippen LogP contribution in [0.15, 0.2) is 48.5 Å². The topological polar surface area (TPSA) is 72.7 Å². The van der Waals surface area contributed by atoms with Crippen LogP contribution in [0.5, 0.6) is 0 Å². The molecule has 0 aliphatic rings. The molecular weight excluding hydrogens is 302 g/mol. The van der Waals surface area contributed by atoms with Gasteiger partial charge in [-0.15, -0.1) is 5.10 Å². The van der Waals surface area contributed by atoms with Crippen molar-refractivity contribution in [3.8, 4) is 5.69 Å². The number of carbonyl (C=O) groups excluding carboxylic acids is 1. The maximum absolute atomic E-state index is 12.4. The molecule has 3 aromatic rings. The summed E-state index contributed by atoms with van der Waals surface area (Å²) in [7, 11) is 0. The second kappa shape index (κ2) is 6.62. The number of hydrogen-bond acceptors (Lipinski definition) is 4. The average Bonchev–Trinajstić information content (AvgIpc) is 3.01. The first kappa shape index (κ1) is 15.9. The number of tetrazole rings is 1. The van der Waals surface area contributed by atoms with Gasteiger partial charge in [0.2, 0.25) is 0 Å². The van der Waals surface area contributed by atoms with Crippen LogP contribution in [0.3, 0.4) is 0 Å². The number of nitrogens with zero attached hydrogens (tertiary/aromatic N) is 4. The Hall–Kier alpha value is -3.02. The van der Waals surface area contributed by atoms with Crippen LogP contribution in [0.2, 0.25) is 0 Å². The second-order valence-corrected chi connectivity index (χ2v) is 5.92. The second-order valence-electron chi connectivity index (χ2n) is 5.92. The van der Waals surface area contributed by atoms with E-state index in [-0.39, 0.29) is 5.91 Å². The molecule has 1 heterocycles. The summed E-state index contributed by atoms with van der Waals surface area (Å²) in [6.07, 6.45) is 0. The summed E-state index contributed by atoms with van der Waals surface area (Å²) in [5.74, 6) is 0.983. The molecule has 0 unspecified atom stereocenters. The third kappa shape index (κ3) is 3.32. The van der Waals surface area contributed by atoms with Crippen molar-refractivity contribution in [2.24, 2.45) is 0 Å². The highest BCUT2D eigenvalue weighted by Crippen LogP contribution is 2.18. The Bertz CT molecular complexity index is 852. The zero-order valence-electron chi connectivity index (χ0n) is 13.9. The molecule has 6 heteroatoms. The maximum Gasteiger partial charge on any atom is 0.255 e. The predicted octanol–water partition coefficient (Wildman–Crippen LogP) is 3.35. The summed E-state index contributed by atoms with van der Waals surface area (Å²) in [5.41, 5.74) is 3.33. The molecule has 6 nitrogen and oxygen atoms in total. The lowest BCUT2D eigenvalue weighted by atomic mass is 10.0. The van der Waals surface area contributed by atoms with Crippen LogP contribution in [0.25, 0.3) is 5.69 Å². The summed E-state index contributed by atoms with van der Waals surface area (Å²) < 4.78 is 1.62. The van der Waals surface area contributed by atoms with Crippen LogP contribution in [-0.4, -0.2) is 26.1 Å². The molecule has 0 bridgehead atoms. The lowest BCUT2D eigenvalue weighted by Gasteiger charge is -2.09. The number of carbonyl (C=O) groups is 1. The molecule has 1 amide bonds. The molecule has 1 aromatic heterocycles. The Balaban J connectivity index is 1.78. The molecule has 0 aliphatic heterocycles. The maximum atomic E-state index is 12.4. The summed E-state index contributed by atoms with van der Waals surface area (Å²) in [4.78, 5) is 12.4. The Morgan fingerprint density at radius 2 is 1.88 bits per heavy atom. The van der Waals surface area contributed by atoms with E-state index in [1.165, 1.54) is 5.56 Å². The van der Waals surface area contributed by atoms with Gasteiger partial charge in [-0.25, -0.2) is 0 Å². The Morgan fingerprint density at radius 3 is 2.50 bits per heavy atom. The number of rotatable bonds is 4. The lowest BCUT2D eigenvalue weighted by molar-refractivity contribution is 0.102. The average molecular weight is 321 g/mol. The first-order chi connectivity index (χ1) is 11.5. The zero-order valence-corrected chi connectivity index (χ0v) is 13.9. The fourth-order valence-corrected chi connectivity index (χ4v) is 2.41. The Kier molecular flexibility index (Phi) is 4.37. The fraction of sp³-hybridized carbons (Fsp3) is 0.222. The van der Waals surface area contributed by atoms with E-state index in [0.717, 1.165) is 5.69 Å². The zero-order chi connectivity index (χ0) is 17.1. The van der Waals surface area contributed by atoms with Crippen LogP contribution in [0.4, 0.5) is 5.69 Å². The highest BCUT2D eigenvalue weighted by molar-refractivity contribution is 6.04. The molecular formula is C18H19N5O. The molecule has 0 aliphatic carbocycles. The van der Waals surface area contributed by atoms with E-state index < -0.39 is 0 Å². The van der Waals surface area contributed by atoms with Crippen LogP contribution < -0.4 is 5.32 Å². The number of anilines is 1. The van der Waals surface area contributed by atoms with Crippen molar-refractivity contribution in [3.05, 3.63) is 65.5 Å². The number of amides is 1. The van der Waals surface area contributed by atoms with Crippen LogP contribution in [0.1, 0.15) is 41.5 Å². The van der Waals surface area contributed by atoms with Gasteiger partial charge in [0.05, 0.1) is 5.69 Å². The van der Waals surface area contributed by atoms with E-state index in [4.69, 9.17) is 0 Å². The van der Waals surface area contributed by atoms with Gasteiger partial charge in [-0.05, 0) is 59.2 Å². The quantitative estimate of drug-likeness (QED) is 0.800. The van der Waals surface area contributed by atoms with Gasteiger partial charge in [0.1, 0.15) is 0 Å². The Labute approximate surface area is 140 Å². The standard InChI is InChI=1S/C18H19N5O/c1-12(2)14-7-9-15(10-8-14)18(24)19-16-5-4-6-17(11-16)23-13(3)20-21-22-23/h4-12H,1-3H3,(H,19,24). The number of aryl methyl sites for hydroxylation is 1. The van der Waals surface area contributed by atoms with E-state index in [1.54, 1.807) is 4.68 Å². The minimum Gasteiger partial charge on any atom is -0.322 e. The molecule has 0 atom stereocenters. The van der Waals surface area contributed by atoms with E-state index in [2.05, 4.69) is 34.7 Å². The normalized spacial score (nSPS) is 10.8. The van der Waals surface area contributed by atoms with Crippen molar-refractivity contribution in [1.82, 2.24) is 20.2 Å². The van der Waals surface area contributed by atoms with Gasteiger partial charge in [0.15, 0.2) is 5.82 Å². The monoisotopic (exact) mass is 321 g/mol. The van der Waals surface area contributed by atoms with Crippen molar-refractivity contribution in [2.75, 3.05) is 5.32 Å². The van der Waals surface area contributed by atoms with Crippen molar-refractivity contribution in [3.63, 3.8) is 0 Å². The molecule has 0 spiro atoms. The summed E-state index contributed by atoms with van der Waals surface area (Å²) >= 11 is 0. The summed E-state index contributed by atoms with van der Waals surface area (Å²) in [6, 6.07) is 15.1. The van der Waals surface area contributed by atoms with Gasteiger partial charge < -0.3 is 5.32 Å². The largest absolute Gasteiger partial charge is 0.322 e. The van der Waals surface area contributed by atoms with Crippen molar-refractivity contribution >= 4 is 11.6 Å². The van der Waals surface area contributed by atoms with E-state index >= 15 is 0 Å². The smallest absolute Gasteiger partial charge is 0.255 e. The first-order valence-electron chi connectivity index (χ1n) is 7.81. The highest BCUT2D eigenvalue weighted by Gasteiger charge is 2.09. The minimum absolute atomic E-state index is 0.143. The van der Waals surface area contributed by atoms with Crippen molar-refractivity contribution in [2.45, 2.75) is 26.7 Å². The first-order valence-corrected chi connectivity index (χ1v) is 7.81. The van der Waals surface area contributed by atoms with Gasteiger partial charge in [0, 0.05) is 11.3 Å². The molecule has 2 aromatic carbocycles. The summed E-state index contributed by atoms with van der Waals surface area (Å²) in [6.45, 7) is 6.07. The predicted molar refractivity (Wildman–Crippen MR) is 92.4 cm³/mol. The van der Waals surface area contributed by atoms with Gasteiger partial charge in [-0.2, -0.15) is 4.68 Å². The third-order valence-corrected chi connectivity index (χ3v) is 3.81. The minimum atomic E-state index is -0.143. The van der Waals surface area contributed by atoms with Crippen LogP contribution >= 0.6 is 0 Å². The van der Waals surface area contributed by atoms with Gasteiger partial charge in [-0.1, -0.05) is 32.0 Å². The van der Waals surface area contributed by atoms with Crippen molar-refractivity contribution < 1.29 is 4.79 Å². The Morgan fingerprint density at radius 1 is 1.12 bits per heavy atom. The van der Waals surface area contributed by atoms with Crippen molar-refractivity contribution in [1.29, 1.82) is 0 Å². The van der Waals surface area contributed by atoms with E-state index in [1.807, 2.05) is 55.5 Å². The molecule has 24 heavy (non-hydrogen) atoms. The number of benzene rings is 2. The van der Waals surface area contributed by atoms with Crippen LogP contribution in [-0.2, 0) is 0 Å². The molecule has 1 N–H and O–H groups in total. The van der Waals surface area contributed by atoms with Crippen LogP contribution in [0, 0.1) is 6.92 Å². The third-order valence-electron chi connectivity index (χ3n) is 3.81. The summed E-state index contributed by atoms with van der Waals surface area (Å²) in [5, 5.41) is 14.3. The highest BCUT2D eigenvalue weighted by atomic mass is 16.1. The number of nitrogens with one attached hydrogen (secondary N) is 1. The molecule has 0 fully saturated rings. The van der Waals surface area contributed by atoms with Gasteiger partial charge in [0.25, 0.3) is 5.91 Å². The molecule has 3 rings (SSSR count). The van der Waals surface area contributed by atoms with E-state index in [0.29, 0.717) is 23.0 Å². The van der Waals surface area contributed by atoms with E-state index in [9.17, 15) is 4.79 Å². The molecule has 0 saturated heterocycles. The number of hydrogen-bond donors (Lipinski definition) is 1.